The van der Waals surface area contributed by atoms with Gasteiger partial charge in [-0.2, -0.15) is 0 Å². The fourth-order valence-electron chi connectivity index (χ4n) is 2.65. The predicted molar refractivity (Wildman–Crippen MR) is 100 cm³/mol. The highest BCUT2D eigenvalue weighted by molar-refractivity contribution is 5.74. The average Bonchev–Trinajstić information content (AvgIpc) is 2.61. The maximum atomic E-state index is 13.0. The molecule has 134 valence electrons. The zero-order valence-corrected chi connectivity index (χ0v) is 15.4. The molecule has 0 bridgehead atoms. The molecule has 25 heavy (non-hydrogen) atoms. The molecule has 1 N–H and O–H groups in total. The van der Waals surface area contributed by atoms with Gasteiger partial charge in [0.2, 0.25) is 0 Å². The molecule has 2 aromatic rings. The molecule has 0 aromatic heterocycles. The van der Waals surface area contributed by atoms with Gasteiger partial charge < -0.3 is 10.2 Å². The molecule has 0 spiro atoms. The van der Waals surface area contributed by atoms with E-state index in [9.17, 15) is 9.18 Å². The van der Waals surface area contributed by atoms with E-state index in [1.165, 1.54) is 23.3 Å². The van der Waals surface area contributed by atoms with E-state index in [-0.39, 0.29) is 17.9 Å². The fourth-order valence-corrected chi connectivity index (χ4v) is 2.65. The standard InChI is InChI=1S/C21H27FN2O/c1-15(2)18-7-5-17(6-8-18)13-14-23-21(25)24(4)16(3)19-9-11-20(22)12-10-19/h5-12,15-16H,13-14H2,1-4H3,(H,23,25). The van der Waals surface area contributed by atoms with E-state index in [4.69, 9.17) is 0 Å². The maximum Gasteiger partial charge on any atom is 0.317 e. The van der Waals surface area contributed by atoms with Gasteiger partial charge in [0.25, 0.3) is 0 Å². The van der Waals surface area contributed by atoms with Crippen LogP contribution in [0.2, 0.25) is 0 Å². The number of carbonyl (C=O) groups is 1. The third-order valence-corrected chi connectivity index (χ3v) is 4.59. The SMILES string of the molecule is CC(C)c1ccc(CCNC(=O)N(C)C(C)c2ccc(F)cc2)cc1. The Labute approximate surface area is 149 Å². The highest BCUT2D eigenvalue weighted by atomic mass is 19.1. The number of carbonyl (C=O) groups excluding carboxylic acids is 1. The highest BCUT2D eigenvalue weighted by Crippen LogP contribution is 2.19. The van der Waals surface area contributed by atoms with Crippen LogP contribution in [0.3, 0.4) is 0 Å². The molecule has 3 nitrogen and oxygen atoms in total. The molecule has 0 heterocycles. The van der Waals surface area contributed by atoms with Crippen molar-refractivity contribution >= 4 is 6.03 Å². The Balaban J connectivity index is 1.83. The lowest BCUT2D eigenvalue weighted by atomic mass is 10.0. The van der Waals surface area contributed by atoms with Gasteiger partial charge in [-0.25, -0.2) is 9.18 Å². The van der Waals surface area contributed by atoms with Crippen LogP contribution in [0.5, 0.6) is 0 Å². The summed E-state index contributed by atoms with van der Waals surface area (Å²) < 4.78 is 13.0. The number of amides is 2. The number of nitrogens with zero attached hydrogens (tertiary/aromatic N) is 1. The van der Waals surface area contributed by atoms with Crippen molar-refractivity contribution < 1.29 is 9.18 Å². The summed E-state index contributed by atoms with van der Waals surface area (Å²) in [5.41, 5.74) is 3.43. The number of nitrogens with one attached hydrogen (secondary N) is 1. The van der Waals surface area contributed by atoms with Crippen LogP contribution in [0.4, 0.5) is 9.18 Å². The molecule has 0 radical (unpaired) electrons. The molecule has 0 aliphatic rings. The molecule has 4 heteroatoms. The summed E-state index contributed by atoms with van der Waals surface area (Å²) in [4.78, 5) is 13.9. The first kappa shape index (κ1) is 19.0. The summed E-state index contributed by atoms with van der Waals surface area (Å²) in [6.07, 6.45) is 0.795. The van der Waals surface area contributed by atoms with Gasteiger partial charge in [-0.15, -0.1) is 0 Å². The summed E-state index contributed by atoms with van der Waals surface area (Å²) in [7, 11) is 1.75. The molecule has 0 fully saturated rings. The lowest BCUT2D eigenvalue weighted by Gasteiger charge is -2.25. The topological polar surface area (TPSA) is 32.3 Å². The second kappa shape index (κ2) is 8.65. The number of hydrogen-bond donors (Lipinski definition) is 1. The Morgan fingerprint density at radius 2 is 1.56 bits per heavy atom. The van der Waals surface area contributed by atoms with E-state index in [0.717, 1.165) is 12.0 Å². The van der Waals surface area contributed by atoms with Gasteiger partial charge >= 0.3 is 6.03 Å². The first-order valence-corrected chi connectivity index (χ1v) is 8.73. The van der Waals surface area contributed by atoms with Crippen LogP contribution in [0.15, 0.2) is 48.5 Å². The lowest BCUT2D eigenvalue weighted by Crippen LogP contribution is -2.39. The summed E-state index contributed by atoms with van der Waals surface area (Å²) in [6, 6.07) is 14.5. The van der Waals surface area contributed by atoms with E-state index < -0.39 is 0 Å². The maximum absolute atomic E-state index is 13.0. The summed E-state index contributed by atoms with van der Waals surface area (Å²) in [5, 5.41) is 2.94. The van der Waals surface area contributed by atoms with Gasteiger partial charge in [0, 0.05) is 13.6 Å². The summed E-state index contributed by atoms with van der Waals surface area (Å²) in [6.45, 7) is 6.86. The van der Waals surface area contributed by atoms with E-state index >= 15 is 0 Å². The predicted octanol–water partition coefficient (Wildman–Crippen LogP) is 4.89. The van der Waals surface area contributed by atoms with E-state index in [1.807, 2.05) is 6.92 Å². The molecule has 2 rings (SSSR count). The Kier molecular flexibility index (Phi) is 6.57. The van der Waals surface area contributed by atoms with Crippen molar-refractivity contribution in [3.8, 4) is 0 Å². The first-order chi connectivity index (χ1) is 11.9. The van der Waals surface area contributed by atoms with Gasteiger partial charge in [0.05, 0.1) is 6.04 Å². The van der Waals surface area contributed by atoms with Crippen molar-refractivity contribution in [2.24, 2.45) is 0 Å². The van der Waals surface area contributed by atoms with Crippen LogP contribution in [0, 0.1) is 5.82 Å². The minimum Gasteiger partial charge on any atom is -0.338 e. The van der Waals surface area contributed by atoms with Gasteiger partial charge in [0.15, 0.2) is 0 Å². The zero-order valence-electron chi connectivity index (χ0n) is 15.4. The molecular weight excluding hydrogens is 315 g/mol. The van der Waals surface area contributed by atoms with Crippen LogP contribution in [-0.4, -0.2) is 24.5 Å². The van der Waals surface area contributed by atoms with Crippen molar-refractivity contribution in [2.75, 3.05) is 13.6 Å². The Morgan fingerprint density at radius 1 is 1.00 bits per heavy atom. The summed E-state index contributed by atoms with van der Waals surface area (Å²) >= 11 is 0. The highest BCUT2D eigenvalue weighted by Gasteiger charge is 2.16. The molecule has 1 atom stereocenters. The lowest BCUT2D eigenvalue weighted by molar-refractivity contribution is 0.194. The molecular formula is C21H27FN2O. The van der Waals surface area contributed by atoms with Crippen LogP contribution in [-0.2, 0) is 6.42 Å². The van der Waals surface area contributed by atoms with Gasteiger partial charge in [0.1, 0.15) is 5.82 Å². The number of rotatable bonds is 6. The molecule has 0 saturated heterocycles. The van der Waals surface area contributed by atoms with Crippen LogP contribution >= 0.6 is 0 Å². The largest absolute Gasteiger partial charge is 0.338 e. The smallest absolute Gasteiger partial charge is 0.317 e. The van der Waals surface area contributed by atoms with Gasteiger partial charge in [-0.1, -0.05) is 50.2 Å². The molecule has 0 saturated carbocycles. The van der Waals surface area contributed by atoms with Gasteiger partial charge in [-0.05, 0) is 48.1 Å². The number of benzene rings is 2. The third kappa shape index (κ3) is 5.31. The molecule has 2 aromatic carbocycles. The van der Waals surface area contributed by atoms with Crippen molar-refractivity contribution in [2.45, 2.75) is 39.2 Å². The van der Waals surface area contributed by atoms with E-state index in [2.05, 4.69) is 43.4 Å². The quantitative estimate of drug-likeness (QED) is 0.796. The number of halogens is 1. The van der Waals surface area contributed by atoms with E-state index in [1.54, 1.807) is 24.1 Å². The van der Waals surface area contributed by atoms with Crippen molar-refractivity contribution in [3.05, 3.63) is 71.0 Å². The molecule has 1 unspecified atom stereocenters. The van der Waals surface area contributed by atoms with Crippen molar-refractivity contribution in [3.63, 3.8) is 0 Å². The molecule has 0 aliphatic carbocycles. The first-order valence-electron chi connectivity index (χ1n) is 8.73. The van der Waals surface area contributed by atoms with Crippen molar-refractivity contribution in [1.29, 1.82) is 0 Å². The van der Waals surface area contributed by atoms with E-state index in [0.29, 0.717) is 12.5 Å². The Bertz CT molecular complexity index is 680. The zero-order chi connectivity index (χ0) is 18.4. The Hall–Kier alpha value is -2.36. The third-order valence-electron chi connectivity index (χ3n) is 4.59. The number of hydrogen-bond acceptors (Lipinski definition) is 1. The minimum absolute atomic E-state index is 0.120. The normalized spacial score (nSPS) is 12.1. The fraction of sp³-hybridized carbons (Fsp3) is 0.381. The second-order valence-corrected chi connectivity index (χ2v) is 6.72. The average molecular weight is 342 g/mol. The van der Waals surface area contributed by atoms with Crippen LogP contribution < -0.4 is 5.32 Å². The monoisotopic (exact) mass is 342 g/mol. The van der Waals surface area contributed by atoms with Crippen molar-refractivity contribution in [1.82, 2.24) is 10.2 Å². The molecule has 2 amide bonds. The second-order valence-electron chi connectivity index (χ2n) is 6.72. The van der Waals surface area contributed by atoms with Crippen LogP contribution in [0.1, 0.15) is 49.4 Å². The molecule has 0 aliphatic heterocycles. The summed E-state index contributed by atoms with van der Waals surface area (Å²) in [5.74, 6) is 0.252. The minimum atomic E-state index is -0.272. The van der Waals surface area contributed by atoms with Gasteiger partial charge in [-0.3, -0.25) is 0 Å². The number of urea groups is 1. The van der Waals surface area contributed by atoms with Crippen LogP contribution in [0.25, 0.3) is 0 Å². The Morgan fingerprint density at radius 3 is 2.12 bits per heavy atom.